The van der Waals surface area contributed by atoms with Crippen LogP contribution in [0.1, 0.15) is 5.56 Å². The third-order valence-electron chi connectivity index (χ3n) is 0.933. The zero-order valence-electron chi connectivity index (χ0n) is 4.86. The summed E-state index contributed by atoms with van der Waals surface area (Å²) >= 11 is 0. The molecular weight excluding hydrogens is 124 g/mol. The predicted octanol–water partition coefficient (Wildman–Crippen LogP) is 1.67. The molecule has 0 N–H and O–H groups in total. The van der Waals surface area contributed by atoms with E-state index in [-0.39, 0.29) is 0 Å². The third-order valence-corrected chi connectivity index (χ3v) is 0.933. The Balaban J connectivity index is 3.17. The summed E-state index contributed by atoms with van der Waals surface area (Å²) < 4.78 is 24.2. The fourth-order valence-electron chi connectivity index (χ4n) is 0.517. The molecule has 0 saturated carbocycles. The standard InChI is InChI=1S/C6H5F2N/c1-4-2-5(7)6(8)9-3-4/h2-3H,1H3. The Kier molecular flexibility index (Phi) is 1.42. The first-order valence-corrected chi connectivity index (χ1v) is 2.48. The van der Waals surface area contributed by atoms with E-state index in [1.165, 1.54) is 6.20 Å². The summed E-state index contributed by atoms with van der Waals surface area (Å²) in [4.78, 5) is 3.14. The molecule has 1 aromatic heterocycles. The number of pyridine rings is 1. The lowest BCUT2D eigenvalue weighted by molar-refractivity contribution is 0.478. The molecule has 0 unspecified atom stereocenters. The fourth-order valence-corrected chi connectivity index (χ4v) is 0.517. The van der Waals surface area contributed by atoms with E-state index in [9.17, 15) is 8.78 Å². The Morgan fingerprint density at radius 3 is 2.56 bits per heavy atom. The lowest BCUT2D eigenvalue weighted by atomic mass is 10.3. The van der Waals surface area contributed by atoms with E-state index in [4.69, 9.17) is 0 Å². The molecule has 1 aromatic rings. The van der Waals surface area contributed by atoms with Crippen LogP contribution in [-0.2, 0) is 0 Å². The SMILES string of the molecule is Cc1cnc(F)c(F)c1. The molecule has 3 heteroatoms. The Morgan fingerprint density at radius 1 is 1.44 bits per heavy atom. The zero-order chi connectivity index (χ0) is 6.85. The van der Waals surface area contributed by atoms with E-state index in [0.29, 0.717) is 5.56 Å². The van der Waals surface area contributed by atoms with Crippen molar-refractivity contribution in [1.29, 1.82) is 0 Å². The van der Waals surface area contributed by atoms with Gasteiger partial charge >= 0.3 is 0 Å². The molecule has 1 nitrogen and oxygen atoms in total. The highest BCUT2D eigenvalue weighted by molar-refractivity contribution is 5.08. The first-order chi connectivity index (χ1) is 4.20. The van der Waals surface area contributed by atoms with Crippen LogP contribution < -0.4 is 0 Å². The molecular formula is C6H5F2N. The van der Waals surface area contributed by atoms with Crippen LogP contribution in [0, 0.1) is 18.7 Å². The van der Waals surface area contributed by atoms with Crippen molar-refractivity contribution in [3.8, 4) is 0 Å². The van der Waals surface area contributed by atoms with E-state index in [1.807, 2.05) is 0 Å². The minimum Gasteiger partial charge on any atom is -0.225 e. The van der Waals surface area contributed by atoms with Gasteiger partial charge in [0.05, 0.1) is 0 Å². The van der Waals surface area contributed by atoms with Crippen molar-refractivity contribution in [2.24, 2.45) is 0 Å². The summed E-state index contributed by atoms with van der Waals surface area (Å²) in [5.74, 6) is -1.93. The number of nitrogens with zero attached hydrogens (tertiary/aromatic N) is 1. The summed E-state index contributed by atoms with van der Waals surface area (Å²) in [6, 6.07) is 1.10. The van der Waals surface area contributed by atoms with Gasteiger partial charge in [0.1, 0.15) is 0 Å². The van der Waals surface area contributed by atoms with Gasteiger partial charge in [-0.05, 0) is 18.6 Å². The molecule has 0 amide bonds. The van der Waals surface area contributed by atoms with Crippen LogP contribution in [0.5, 0.6) is 0 Å². The molecule has 1 heterocycles. The molecule has 0 spiro atoms. The minimum absolute atomic E-state index is 0.619. The van der Waals surface area contributed by atoms with Crippen molar-refractivity contribution < 1.29 is 8.78 Å². The molecule has 0 atom stereocenters. The Morgan fingerprint density at radius 2 is 2.11 bits per heavy atom. The topological polar surface area (TPSA) is 12.9 Å². The van der Waals surface area contributed by atoms with E-state index >= 15 is 0 Å². The van der Waals surface area contributed by atoms with Gasteiger partial charge < -0.3 is 0 Å². The summed E-state index contributed by atoms with van der Waals surface area (Å²) in [5, 5.41) is 0. The van der Waals surface area contributed by atoms with E-state index < -0.39 is 11.8 Å². The van der Waals surface area contributed by atoms with Crippen molar-refractivity contribution in [2.75, 3.05) is 0 Å². The molecule has 0 bridgehead atoms. The van der Waals surface area contributed by atoms with Crippen LogP contribution in [0.3, 0.4) is 0 Å². The second-order valence-electron chi connectivity index (χ2n) is 1.79. The van der Waals surface area contributed by atoms with Crippen molar-refractivity contribution >= 4 is 0 Å². The lowest BCUT2D eigenvalue weighted by Crippen LogP contribution is -1.88. The summed E-state index contributed by atoms with van der Waals surface area (Å²) in [6.07, 6.45) is 1.28. The van der Waals surface area contributed by atoms with Gasteiger partial charge in [-0.3, -0.25) is 0 Å². The maximum atomic E-state index is 12.1. The first-order valence-electron chi connectivity index (χ1n) is 2.48. The van der Waals surface area contributed by atoms with Gasteiger partial charge in [0.2, 0.25) is 5.95 Å². The molecule has 0 aromatic carbocycles. The summed E-state index contributed by atoms with van der Waals surface area (Å²) in [6.45, 7) is 1.65. The fraction of sp³-hybridized carbons (Fsp3) is 0.167. The molecule has 1 rings (SSSR count). The van der Waals surface area contributed by atoms with Crippen molar-refractivity contribution in [2.45, 2.75) is 6.92 Å². The van der Waals surface area contributed by atoms with Crippen LogP contribution >= 0.6 is 0 Å². The Bertz CT molecular complexity index is 222. The Hall–Kier alpha value is -0.990. The van der Waals surface area contributed by atoms with Gasteiger partial charge in [-0.1, -0.05) is 0 Å². The van der Waals surface area contributed by atoms with E-state index in [1.54, 1.807) is 6.92 Å². The van der Waals surface area contributed by atoms with Gasteiger partial charge in [-0.25, -0.2) is 9.37 Å². The maximum absolute atomic E-state index is 12.1. The molecule has 0 aliphatic carbocycles. The van der Waals surface area contributed by atoms with Crippen LogP contribution in [0.25, 0.3) is 0 Å². The number of aromatic nitrogens is 1. The first kappa shape index (κ1) is 6.13. The zero-order valence-corrected chi connectivity index (χ0v) is 4.86. The average Bonchev–Trinajstić information content (AvgIpc) is 1.80. The van der Waals surface area contributed by atoms with Gasteiger partial charge in [0, 0.05) is 6.20 Å². The highest BCUT2D eigenvalue weighted by Crippen LogP contribution is 2.02. The highest BCUT2D eigenvalue weighted by atomic mass is 19.2. The number of hydrogen-bond acceptors (Lipinski definition) is 1. The highest BCUT2D eigenvalue weighted by Gasteiger charge is 1.99. The molecule has 0 fully saturated rings. The van der Waals surface area contributed by atoms with Crippen molar-refractivity contribution in [3.05, 3.63) is 29.6 Å². The van der Waals surface area contributed by atoms with Gasteiger partial charge in [0.25, 0.3) is 0 Å². The van der Waals surface area contributed by atoms with Gasteiger partial charge in [0.15, 0.2) is 5.82 Å². The number of aryl methyl sites for hydroxylation is 1. The summed E-state index contributed by atoms with van der Waals surface area (Å²) in [7, 11) is 0. The molecule has 9 heavy (non-hydrogen) atoms. The molecule has 0 aliphatic heterocycles. The van der Waals surface area contributed by atoms with E-state index in [0.717, 1.165) is 6.07 Å². The Labute approximate surface area is 51.3 Å². The van der Waals surface area contributed by atoms with E-state index in [2.05, 4.69) is 4.98 Å². The maximum Gasteiger partial charge on any atom is 0.248 e. The average molecular weight is 129 g/mol. The second kappa shape index (κ2) is 2.09. The second-order valence-corrected chi connectivity index (χ2v) is 1.79. The quantitative estimate of drug-likeness (QED) is 0.485. The molecule has 0 radical (unpaired) electrons. The molecule has 0 saturated heterocycles. The lowest BCUT2D eigenvalue weighted by Gasteiger charge is -1.90. The minimum atomic E-state index is -1.04. The van der Waals surface area contributed by atoms with Crippen molar-refractivity contribution in [1.82, 2.24) is 4.98 Å². The van der Waals surface area contributed by atoms with Crippen LogP contribution in [0.4, 0.5) is 8.78 Å². The van der Waals surface area contributed by atoms with Crippen LogP contribution in [-0.4, -0.2) is 4.98 Å². The predicted molar refractivity (Wildman–Crippen MR) is 28.9 cm³/mol. The monoisotopic (exact) mass is 129 g/mol. The third kappa shape index (κ3) is 1.22. The van der Waals surface area contributed by atoms with Crippen molar-refractivity contribution in [3.63, 3.8) is 0 Å². The normalized spacial score (nSPS) is 9.67. The largest absolute Gasteiger partial charge is 0.248 e. The van der Waals surface area contributed by atoms with Gasteiger partial charge in [-0.2, -0.15) is 4.39 Å². The van der Waals surface area contributed by atoms with Crippen LogP contribution in [0.2, 0.25) is 0 Å². The molecule has 0 aliphatic rings. The molecule has 48 valence electrons. The summed E-state index contributed by atoms with van der Waals surface area (Å²) in [5.41, 5.74) is 0.619. The van der Waals surface area contributed by atoms with Crippen LogP contribution in [0.15, 0.2) is 12.3 Å². The number of hydrogen-bond donors (Lipinski definition) is 0. The number of halogens is 2. The smallest absolute Gasteiger partial charge is 0.225 e. The van der Waals surface area contributed by atoms with Gasteiger partial charge in [-0.15, -0.1) is 0 Å². The number of rotatable bonds is 0.